The number of aliphatic hydroxyl groups excluding tert-OH is 2. The van der Waals surface area contributed by atoms with Crippen molar-refractivity contribution in [2.75, 3.05) is 22.9 Å². The summed E-state index contributed by atoms with van der Waals surface area (Å²) in [6.07, 6.45) is 0.993. The Kier molecular flexibility index (Phi) is 5.33. The Balaban J connectivity index is 1.84. The van der Waals surface area contributed by atoms with E-state index < -0.39 is 6.10 Å². The van der Waals surface area contributed by atoms with Crippen LogP contribution in [0.2, 0.25) is 0 Å². The van der Waals surface area contributed by atoms with Crippen LogP contribution in [-0.2, 0) is 6.61 Å². The van der Waals surface area contributed by atoms with Gasteiger partial charge in [-0.3, -0.25) is 0 Å². The highest BCUT2D eigenvalue weighted by atomic mass is 16.3. The topological polar surface area (TPSA) is 98.5 Å². The fraction of sp³-hybridized carbons (Fsp3) is 0.556. The number of hydrogen-bond acceptors (Lipinski definition) is 8. The molecule has 0 bridgehead atoms. The van der Waals surface area contributed by atoms with Crippen molar-refractivity contribution in [2.24, 2.45) is 0 Å². The molecule has 2 aromatic rings. The molecule has 8 nitrogen and oxygen atoms in total. The number of aliphatic hydroxyl groups is 2. The summed E-state index contributed by atoms with van der Waals surface area (Å²) >= 11 is 0. The number of rotatable bonds is 4. The van der Waals surface area contributed by atoms with Crippen LogP contribution in [0.15, 0.2) is 18.3 Å². The van der Waals surface area contributed by atoms with Gasteiger partial charge in [-0.1, -0.05) is 0 Å². The summed E-state index contributed by atoms with van der Waals surface area (Å²) in [5, 5.41) is 19.2. The van der Waals surface area contributed by atoms with Gasteiger partial charge >= 0.3 is 0 Å². The highest BCUT2D eigenvalue weighted by molar-refractivity contribution is 5.45. The molecule has 0 saturated carbocycles. The van der Waals surface area contributed by atoms with E-state index in [-0.39, 0.29) is 18.7 Å². The van der Waals surface area contributed by atoms with Gasteiger partial charge in [0, 0.05) is 37.1 Å². The fourth-order valence-corrected chi connectivity index (χ4v) is 3.49. The summed E-state index contributed by atoms with van der Waals surface area (Å²) in [4.78, 5) is 22.0. The summed E-state index contributed by atoms with van der Waals surface area (Å²) in [6.45, 7) is 9.23. The minimum Gasteiger partial charge on any atom is -0.390 e. The lowest BCUT2D eigenvalue weighted by Crippen LogP contribution is -2.57. The molecule has 2 aromatic heterocycles. The van der Waals surface area contributed by atoms with Crippen molar-refractivity contribution < 1.29 is 10.2 Å². The molecule has 3 heterocycles. The number of aryl methyl sites for hydroxylation is 1. The lowest BCUT2D eigenvalue weighted by atomic mass is 10.1. The highest BCUT2D eigenvalue weighted by Crippen LogP contribution is 2.25. The molecular formula is C18H26N6O2. The van der Waals surface area contributed by atoms with E-state index in [9.17, 15) is 10.2 Å². The van der Waals surface area contributed by atoms with E-state index in [2.05, 4.69) is 43.6 Å². The molecule has 0 spiro atoms. The van der Waals surface area contributed by atoms with Crippen molar-refractivity contribution in [3.05, 3.63) is 35.5 Å². The average molecular weight is 358 g/mol. The fourth-order valence-electron chi connectivity index (χ4n) is 3.49. The lowest BCUT2D eigenvalue weighted by molar-refractivity contribution is 0.189. The van der Waals surface area contributed by atoms with Crippen molar-refractivity contribution in [2.45, 2.75) is 52.5 Å². The zero-order valence-corrected chi connectivity index (χ0v) is 15.7. The Morgan fingerprint density at radius 2 is 1.88 bits per heavy atom. The number of aromatic nitrogens is 4. The second-order valence-corrected chi connectivity index (χ2v) is 6.92. The van der Waals surface area contributed by atoms with Gasteiger partial charge in [0.2, 0.25) is 5.95 Å². The summed E-state index contributed by atoms with van der Waals surface area (Å²) in [5.41, 5.74) is 1.48. The smallest absolute Gasteiger partial charge is 0.225 e. The van der Waals surface area contributed by atoms with Crippen molar-refractivity contribution >= 4 is 11.8 Å². The Morgan fingerprint density at radius 3 is 2.50 bits per heavy atom. The minimum absolute atomic E-state index is 0.0928. The van der Waals surface area contributed by atoms with Gasteiger partial charge in [0.25, 0.3) is 0 Å². The van der Waals surface area contributed by atoms with Crippen molar-refractivity contribution in [3.8, 4) is 0 Å². The number of anilines is 2. The third-order valence-corrected chi connectivity index (χ3v) is 4.56. The first-order valence-electron chi connectivity index (χ1n) is 8.88. The Hall–Kier alpha value is -2.32. The molecule has 0 aliphatic carbocycles. The number of hydrogen-bond donors (Lipinski definition) is 2. The maximum absolute atomic E-state index is 9.76. The largest absolute Gasteiger partial charge is 0.390 e. The van der Waals surface area contributed by atoms with Gasteiger partial charge < -0.3 is 20.0 Å². The van der Waals surface area contributed by atoms with Crippen LogP contribution in [0.5, 0.6) is 0 Å². The van der Waals surface area contributed by atoms with Crippen LogP contribution >= 0.6 is 0 Å². The molecule has 3 atom stereocenters. The SMILES string of the molecule is Cc1cc(CO)nc(N2C[C@@H](C)N(c3ccnc([C@@H](C)O)n3)[C@@H](C)C2)n1. The average Bonchev–Trinajstić information content (AvgIpc) is 2.60. The summed E-state index contributed by atoms with van der Waals surface area (Å²) in [5.74, 6) is 1.90. The molecule has 1 aliphatic rings. The first-order chi connectivity index (χ1) is 12.4. The monoisotopic (exact) mass is 358 g/mol. The molecule has 140 valence electrons. The Morgan fingerprint density at radius 1 is 1.19 bits per heavy atom. The van der Waals surface area contributed by atoms with Gasteiger partial charge in [-0.15, -0.1) is 0 Å². The lowest BCUT2D eigenvalue weighted by Gasteiger charge is -2.45. The minimum atomic E-state index is -0.695. The zero-order valence-electron chi connectivity index (χ0n) is 15.7. The number of piperazine rings is 1. The molecule has 1 saturated heterocycles. The van der Waals surface area contributed by atoms with Gasteiger partial charge in [0.15, 0.2) is 5.82 Å². The van der Waals surface area contributed by atoms with Gasteiger partial charge in [-0.25, -0.2) is 19.9 Å². The number of nitrogens with zero attached hydrogens (tertiary/aromatic N) is 6. The molecule has 0 amide bonds. The standard InChI is InChI=1S/C18H26N6O2/c1-11-7-15(10-25)21-18(20-11)23-8-12(2)24(13(3)9-23)16-5-6-19-17(22-16)14(4)26/h5-7,12-14,25-26H,8-10H2,1-4H3/t12-,13+,14-/m1/s1. The maximum atomic E-state index is 9.76. The molecule has 8 heteroatoms. The molecule has 1 aliphatic heterocycles. The predicted octanol–water partition coefficient (Wildman–Crippen LogP) is 1.22. The van der Waals surface area contributed by atoms with Crippen LogP contribution in [-0.4, -0.2) is 55.3 Å². The highest BCUT2D eigenvalue weighted by Gasteiger charge is 2.32. The van der Waals surface area contributed by atoms with E-state index in [1.165, 1.54) is 0 Å². The van der Waals surface area contributed by atoms with Crippen molar-refractivity contribution in [3.63, 3.8) is 0 Å². The van der Waals surface area contributed by atoms with E-state index in [0.717, 1.165) is 24.6 Å². The summed E-state index contributed by atoms with van der Waals surface area (Å²) in [7, 11) is 0. The molecule has 1 fully saturated rings. The van der Waals surface area contributed by atoms with Crippen LogP contribution in [0.25, 0.3) is 0 Å². The Bertz CT molecular complexity index is 757. The molecule has 26 heavy (non-hydrogen) atoms. The molecule has 0 unspecified atom stereocenters. The first-order valence-corrected chi connectivity index (χ1v) is 8.88. The zero-order chi connectivity index (χ0) is 18.8. The van der Waals surface area contributed by atoms with Crippen LogP contribution in [0, 0.1) is 6.92 Å². The van der Waals surface area contributed by atoms with Crippen LogP contribution < -0.4 is 9.80 Å². The molecule has 2 N–H and O–H groups in total. The van der Waals surface area contributed by atoms with Crippen LogP contribution in [0.4, 0.5) is 11.8 Å². The van der Waals surface area contributed by atoms with Crippen molar-refractivity contribution in [1.82, 2.24) is 19.9 Å². The van der Waals surface area contributed by atoms with E-state index in [0.29, 0.717) is 17.5 Å². The maximum Gasteiger partial charge on any atom is 0.225 e. The van der Waals surface area contributed by atoms with E-state index in [1.807, 2.05) is 13.0 Å². The Labute approximate surface area is 153 Å². The van der Waals surface area contributed by atoms with Crippen LogP contribution in [0.1, 0.15) is 44.1 Å². The third-order valence-electron chi connectivity index (χ3n) is 4.56. The molecule has 0 radical (unpaired) electrons. The normalized spacial score (nSPS) is 21.8. The van der Waals surface area contributed by atoms with E-state index >= 15 is 0 Å². The quantitative estimate of drug-likeness (QED) is 0.842. The van der Waals surface area contributed by atoms with E-state index in [4.69, 9.17) is 0 Å². The first kappa shape index (κ1) is 18.5. The van der Waals surface area contributed by atoms with Gasteiger partial charge in [0.05, 0.1) is 12.3 Å². The summed E-state index contributed by atoms with van der Waals surface area (Å²) < 4.78 is 0. The van der Waals surface area contributed by atoms with E-state index in [1.54, 1.807) is 19.2 Å². The van der Waals surface area contributed by atoms with Gasteiger partial charge in [0.1, 0.15) is 11.9 Å². The molecule has 0 aromatic carbocycles. The van der Waals surface area contributed by atoms with Crippen LogP contribution in [0.3, 0.4) is 0 Å². The second-order valence-electron chi connectivity index (χ2n) is 6.92. The van der Waals surface area contributed by atoms with Gasteiger partial charge in [-0.05, 0) is 39.8 Å². The molecule has 3 rings (SSSR count). The molecular weight excluding hydrogens is 332 g/mol. The second kappa shape index (κ2) is 7.51. The summed E-state index contributed by atoms with van der Waals surface area (Å²) in [6, 6.07) is 4.03. The third kappa shape index (κ3) is 3.76. The predicted molar refractivity (Wildman–Crippen MR) is 99.0 cm³/mol. The van der Waals surface area contributed by atoms with Crippen molar-refractivity contribution in [1.29, 1.82) is 0 Å². The van der Waals surface area contributed by atoms with Gasteiger partial charge in [-0.2, -0.15) is 0 Å².